The van der Waals surface area contributed by atoms with E-state index in [9.17, 15) is 4.79 Å². The van der Waals surface area contributed by atoms with Gasteiger partial charge in [0.1, 0.15) is 17.5 Å². The van der Waals surface area contributed by atoms with E-state index >= 15 is 0 Å². The van der Waals surface area contributed by atoms with Gasteiger partial charge in [0.2, 0.25) is 0 Å². The molecule has 0 amide bonds. The first-order valence-corrected chi connectivity index (χ1v) is 5.91. The van der Waals surface area contributed by atoms with Gasteiger partial charge in [0, 0.05) is 5.92 Å². The Bertz CT molecular complexity index is 372. The van der Waals surface area contributed by atoms with Gasteiger partial charge in [0.25, 0.3) is 0 Å². The molecule has 4 heteroatoms. The summed E-state index contributed by atoms with van der Waals surface area (Å²) in [5, 5.41) is 12.9. The number of aromatic nitrogens is 1. The molecule has 1 aromatic rings. The van der Waals surface area contributed by atoms with Crippen molar-refractivity contribution in [2.24, 2.45) is 5.92 Å². The zero-order valence-electron chi connectivity index (χ0n) is 9.48. The third-order valence-electron chi connectivity index (χ3n) is 3.61. The highest BCUT2D eigenvalue weighted by Gasteiger charge is 2.31. The zero-order chi connectivity index (χ0) is 11.5. The van der Waals surface area contributed by atoms with Crippen molar-refractivity contribution >= 4 is 5.97 Å². The fourth-order valence-corrected chi connectivity index (χ4v) is 2.73. The quantitative estimate of drug-likeness (QED) is 0.855. The van der Waals surface area contributed by atoms with Gasteiger partial charge in [-0.05, 0) is 18.8 Å². The first-order chi connectivity index (χ1) is 7.74. The van der Waals surface area contributed by atoms with E-state index in [2.05, 4.69) is 12.1 Å². The van der Waals surface area contributed by atoms with E-state index in [1.807, 2.05) is 0 Å². The van der Waals surface area contributed by atoms with Gasteiger partial charge in [-0.15, -0.1) is 0 Å². The van der Waals surface area contributed by atoms with Gasteiger partial charge in [0.15, 0.2) is 0 Å². The van der Waals surface area contributed by atoms with Crippen LogP contribution in [0.15, 0.2) is 10.8 Å². The van der Waals surface area contributed by atoms with Crippen LogP contribution in [0.5, 0.6) is 0 Å². The normalized spacial score (nSPS) is 25.6. The van der Waals surface area contributed by atoms with E-state index < -0.39 is 5.97 Å². The highest BCUT2D eigenvalue weighted by atomic mass is 16.5. The summed E-state index contributed by atoms with van der Waals surface area (Å²) in [7, 11) is 0. The maximum absolute atomic E-state index is 11.0. The molecule has 16 heavy (non-hydrogen) atoms. The molecule has 88 valence electrons. The van der Waals surface area contributed by atoms with Crippen molar-refractivity contribution in [3.63, 3.8) is 0 Å². The lowest BCUT2D eigenvalue weighted by atomic mass is 9.75. The number of aromatic carboxylic acids is 1. The van der Waals surface area contributed by atoms with Crippen molar-refractivity contribution in [2.75, 3.05) is 0 Å². The molecule has 0 aromatic carbocycles. The number of rotatable bonds is 3. The van der Waals surface area contributed by atoms with Crippen molar-refractivity contribution in [1.29, 1.82) is 0 Å². The molecule has 1 aromatic heterocycles. The molecule has 1 heterocycles. The molecule has 4 nitrogen and oxygen atoms in total. The van der Waals surface area contributed by atoms with E-state index in [4.69, 9.17) is 9.63 Å². The van der Waals surface area contributed by atoms with Crippen molar-refractivity contribution in [1.82, 2.24) is 5.16 Å². The van der Waals surface area contributed by atoms with Crippen molar-refractivity contribution in [3.8, 4) is 0 Å². The van der Waals surface area contributed by atoms with Crippen molar-refractivity contribution < 1.29 is 14.4 Å². The topological polar surface area (TPSA) is 63.3 Å². The minimum atomic E-state index is -0.934. The SMILES string of the molecule is CC[C@H]1CCCC[C@H]1c1nocc1C(=O)O. The van der Waals surface area contributed by atoms with Crippen molar-refractivity contribution in [2.45, 2.75) is 44.9 Å². The minimum absolute atomic E-state index is 0.241. The van der Waals surface area contributed by atoms with Crippen LogP contribution >= 0.6 is 0 Å². The highest BCUT2D eigenvalue weighted by Crippen LogP contribution is 2.39. The molecule has 1 aliphatic carbocycles. The first kappa shape index (κ1) is 11.2. The van der Waals surface area contributed by atoms with Crippen LogP contribution in [0.2, 0.25) is 0 Å². The molecule has 0 bridgehead atoms. The van der Waals surface area contributed by atoms with Gasteiger partial charge >= 0.3 is 5.97 Å². The number of nitrogens with zero attached hydrogens (tertiary/aromatic N) is 1. The van der Waals surface area contributed by atoms with Crippen LogP contribution in [0.1, 0.15) is 61.0 Å². The summed E-state index contributed by atoms with van der Waals surface area (Å²) in [5.74, 6) is -0.114. The van der Waals surface area contributed by atoms with Gasteiger partial charge in [-0.2, -0.15) is 0 Å². The van der Waals surface area contributed by atoms with Gasteiger partial charge in [-0.1, -0.05) is 31.3 Å². The summed E-state index contributed by atoms with van der Waals surface area (Å²) in [6.45, 7) is 2.16. The molecule has 2 atom stereocenters. The average molecular weight is 223 g/mol. The minimum Gasteiger partial charge on any atom is -0.478 e. The second-order valence-electron chi connectivity index (χ2n) is 4.48. The summed E-state index contributed by atoms with van der Waals surface area (Å²) >= 11 is 0. The number of carbonyl (C=O) groups is 1. The van der Waals surface area contributed by atoms with E-state index in [0.29, 0.717) is 11.6 Å². The Morgan fingerprint density at radius 2 is 2.31 bits per heavy atom. The smallest absolute Gasteiger partial charge is 0.340 e. The molecule has 0 radical (unpaired) electrons. The van der Waals surface area contributed by atoms with Gasteiger partial charge in [0.05, 0.1) is 0 Å². The van der Waals surface area contributed by atoms with Crippen molar-refractivity contribution in [3.05, 3.63) is 17.5 Å². The van der Waals surface area contributed by atoms with Gasteiger partial charge in [-0.25, -0.2) is 4.79 Å². The maximum Gasteiger partial charge on any atom is 0.340 e. The number of carboxylic acid groups (broad SMARTS) is 1. The molecular weight excluding hydrogens is 206 g/mol. The number of hydrogen-bond donors (Lipinski definition) is 1. The fraction of sp³-hybridized carbons (Fsp3) is 0.667. The monoisotopic (exact) mass is 223 g/mol. The number of hydrogen-bond acceptors (Lipinski definition) is 3. The van der Waals surface area contributed by atoms with Gasteiger partial charge < -0.3 is 9.63 Å². The third kappa shape index (κ3) is 1.96. The standard InChI is InChI=1S/C12H17NO3/c1-2-8-5-3-4-6-9(8)11-10(12(14)15)7-16-13-11/h7-9H,2-6H2,1H3,(H,14,15)/t8-,9+/m0/s1. The third-order valence-corrected chi connectivity index (χ3v) is 3.61. The van der Waals surface area contributed by atoms with E-state index in [1.54, 1.807) is 0 Å². The largest absolute Gasteiger partial charge is 0.478 e. The fourth-order valence-electron chi connectivity index (χ4n) is 2.73. The van der Waals surface area contributed by atoms with Crippen LogP contribution in [-0.4, -0.2) is 16.2 Å². The maximum atomic E-state index is 11.0. The Kier molecular flexibility index (Phi) is 3.27. The molecule has 0 saturated heterocycles. The molecule has 1 N–H and O–H groups in total. The first-order valence-electron chi connectivity index (χ1n) is 5.91. The summed E-state index contributed by atoms with van der Waals surface area (Å²) < 4.78 is 4.82. The molecule has 1 aliphatic rings. The molecule has 0 spiro atoms. The summed E-state index contributed by atoms with van der Waals surface area (Å²) in [6.07, 6.45) is 6.94. The van der Waals surface area contributed by atoms with Crippen LogP contribution in [-0.2, 0) is 0 Å². The van der Waals surface area contributed by atoms with E-state index in [0.717, 1.165) is 19.3 Å². The van der Waals surface area contributed by atoms with Crippen LogP contribution < -0.4 is 0 Å². The second-order valence-corrected chi connectivity index (χ2v) is 4.48. The molecule has 2 rings (SSSR count). The molecule has 0 unspecified atom stereocenters. The predicted octanol–water partition coefficient (Wildman–Crippen LogP) is 3.06. The highest BCUT2D eigenvalue weighted by molar-refractivity contribution is 5.88. The van der Waals surface area contributed by atoms with E-state index in [-0.39, 0.29) is 11.5 Å². The lowest BCUT2D eigenvalue weighted by Gasteiger charge is -2.29. The summed E-state index contributed by atoms with van der Waals surface area (Å²) in [4.78, 5) is 11.0. The Morgan fingerprint density at radius 3 is 3.00 bits per heavy atom. The lowest BCUT2D eigenvalue weighted by molar-refractivity contribution is 0.0693. The zero-order valence-corrected chi connectivity index (χ0v) is 9.48. The second kappa shape index (κ2) is 4.68. The Hall–Kier alpha value is -1.32. The van der Waals surface area contributed by atoms with Crippen LogP contribution in [0.3, 0.4) is 0 Å². The predicted molar refractivity (Wildman–Crippen MR) is 58.5 cm³/mol. The Morgan fingerprint density at radius 1 is 1.56 bits per heavy atom. The Labute approximate surface area is 94.6 Å². The molecular formula is C12H17NO3. The summed E-state index contributed by atoms with van der Waals surface area (Å²) in [5.41, 5.74) is 0.893. The van der Waals surface area contributed by atoms with Crippen LogP contribution in [0.25, 0.3) is 0 Å². The number of carboxylic acids is 1. The lowest BCUT2D eigenvalue weighted by Crippen LogP contribution is -2.19. The van der Waals surface area contributed by atoms with E-state index in [1.165, 1.54) is 19.1 Å². The molecule has 1 saturated carbocycles. The van der Waals surface area contributed by atoms with Gasteiger partial charge in [-0.3, -0.25) is 0 Å². The summed E-state index contributed by atoms with van der Waals surface area (Å²) in [6, 6.07) is 0. The van der Waals surface area contributed by atoms with Crippen LogP contribution in [0.4, 0.5) is 0 Å². The Balaban J connectivity index is 2.27. The average Bonchev–Trinajstić information content (AvgIpc) is 2.77. The molecule has 1 fully saturated rings. The van der Waals surface area contributed by atoms with Crippen LogP contribution in [0, 0.1) is 5.92 Å². The molecule has 0 aliphatic heterocycles.